The first-order chi connectivity index (χ1) is 9.35. The van der Waals surface area contributed by atoms with Crippen LogP contribution in [-0.4, -0.2) is 23.6 Å². The average Bonchev–Trinajstić information content (AvgIpc) is 2.37. The van der Waals surface area contributed by atoms with E-state index < -0.39 is 11.8 Å². The normalized spacial score (nSPS) is 11.3. The number of hydrogen-bond acceptors (Lipinski definition) is 3. The summed E-state index contributed by atoms with van der Waals surface area (Å²) in [4.78, 5) is 34.5. The molecule has 0 aliphatic heterocycles. The Bertz CT molecular complexity index is 564. The van der Waals surface area contributed by atoms with E-state index in [0.717, 1.165) is 5.56 Å². The lowest BCUT2D eigenvalue weighted by Gasteiger charge is -2.10. The zero-order valence-corrected chi connectivity index (χ0v) is 11.8. The highest BCUT2D eigenvalue weighted by atomic mass is 16.2. The third-order valence-electron chi connectivity index (χ3n) is 2.78. The van der Waals surface area contributed by atoms with Crippen molar-refractivity contribution >= 4 is 23.3 Å². The van der Waals surface area contributed by atoms with Gasteiger partial charge in [-0.3, -0.25) is 14.4 Å². The van der Waals surface area contributed by atoms with E-state index in [1.807, 2.05) is 0 Å². The summed E-state index contributed by atoms with van der Waals surface area (Å²) in [5, 5.41) is 4.95. The monoisotopic (exact) mass is 274 g/mol. The predicted octanol–water partition coefficient (Wildman–Crippen LogP) is 1.83. The Labute approximate surface area is 118 Å². The van der Waals surface area contributed by atoms with Crippen LogP contribution in [0.15, 0.2) is 30.9 Å². The molecule has 0 saturated carbocycles. The SMILES string of the molecule is C=CC(C)NC(=O)C(=O)Nc1ccc(C(C)=O)c(C)c1. The summed E-state index contributed by atoms with van der Waals surface area (Å²) in [6.45, 7) is 8.48. The Balaban J connectivity index is 2.76. The van der Waals surface area contributed by atoms with Crippen LogP contribution in [0.5, 0.6) is 0 Å². The lowest BCUT2D eigenvalue weighted by molar-refractivity contribution is -0.136. The lowest BCUT2D eigenvalue weighted by atomic mass is 10.0. The molecule has 1 unspecified atom stereocenters. The van der Waals surface area contributed by atoms with E-state index >= 15 is 0 Å². The van der Waals surface area contributed by atoms with Crippen molar-refractivity contribution in [3.63, 3.8) is 0 Å². The van der Waals surface area contributed by atoms with Crippen molar-refractivity contribution in [3.05, 3.63) is 42.0 Å². The molecule has 5 nitrogen and oxygen atoms in total. The van der Waals surface area contributed by atoms with Gasteiger partial charge in [-0.05, 0) is 44.5 Å². The van der Waals surface area contributed by atoms with E-state index in [4.69, 9.17) is 0 Å². The molecule has 1 rings (SSSR count). The van der Waals surface area contributed by atoms with E-state index in [9.17, 15) is 14.4 Å². The van der Waals surface area contributed by atoms with Crippen LogP contribution in [0.3, 0.4) is 0 Å². The van der Waals surface area contributed by atoms with Crippen molar-refractivity contribution in [1.82, 2.24) is 5.32 Å². The number of amides is 2. The van der Waals surface area contributed by atoms with Crippen molar-refractivity contribution in [1.29, 1.82) is 0 Å². The maximum absolute atomic E-state index is 11.7. The van der Waals surface area contributed by atoms with Crippen molar-refractivity contribution in [2.45, 2.75) is 26.8 Å². The van der Waals surface area contributed by atoms with Gasteiger partial charge in [0.15, 0.2) is 5.78 Å². The molecule has 0 aliphatic rings. The summed E-state index contributed by atoms with van der Waals surface area (Å²) in [7, 11) is 0. The summed E-state index contributed by atoms with van der Waals surface area (Å²) >= 11 is 0. The number of ketones is 1. The minimum Gasteiger partial charge on any atom is -0.342 e. The Kier molecular flexibility index (Phi) is 5.20. The maximum Gasteiger partial charge on any atom is 0.313 e. The van der Waals surface area contributed by atoms with Crippen LogP contribution >= 0.6 is 0 Å². The van der Waals surface area contributed by atoms with Crippen molar-refractivity contribution in [2.24, 2.45) is 0 Å². The van der Waals surface area contributed by atoms with Gasteiger partial charge in [-0.25, -0.2) is 0 Å². The molecule has 0 radical (unpaired) electrons. The van der Waals surface area contributed by atoms with Crippen LogP contribution in [0.1, 0.15) is 29.8 Å². The van der Waals surface area contributed by atoms with Gasteiger partial charge in [0.25, 0.3) is 0 Å². The number of benzene rings is 1. The highest BCUT2D eigenvalue weighted by Crippen LogP contribution is 2.15. The minimum atomic E-state index is -0.756. The summed E-state index contributed by atoms with van der Waals surface area (Å²) in [6, 6.07) is 4.58. The fourth-order valence-corrected chi connectivity index (χ4v) is 1.66. The Morgan fingerprint density at radius 2 is 1.90 bits per heavy atom. The number of nitrogens with one attached hydrogen (secondary N) is 2. The molecule has 2 N–H and O–H groups in total. The second-order valence-corrected chi connectivity index (χ2v) is 4.54. The van der Waals surface area contributed by atoms with Gasteiger partial charge in [0.2, 0.25) is 0 Å². The lowest BCUT2D eigenvalue weighted by Crippen LogP contribution is -2.39. The molecule has 20 heavy (non-hydrogen) atoms. The van der Waals surface area contributed by atoms with E-state index in [1.54, 1.807) is 32.0 Å². The van der Waals surface area contributed by atoms with Crippen LogP contribution in [0.2, 0.25) is 0 Å². The molecule has 1 aromatic carbocycles. The van der Waals surface area contributed by atoms with Gasteiger partial charge >= 0.3 is 11.8 Å². The van der Waals surface area contributed by atoms with Gasteiger partial charge in [0, 0.05) is 17.3 Å². The molecule has 106 valence electrons. The van der Waals surface area contributed by atoms with Gasteiger partial charge in [-0.15, -0.1) is 6.58 Å². The van der Waals surface area contributed by atoms with E-state index in [-0.39, 0.29) is 11.8 Å². The smallest absolute Gasteiger partial charge is 0.313 e. The van der Waals surface area contributed by atoms with Crippen LogP contribution in [0, 0.1) is 6.92 Å². The van der Waals surface area contributed by atoms with E-state index in [1.165, 1.54) is 13.0 Å². The summed E-state index contributed by atoms with van der Waals surface area (Å²) in [6.07, 6.45) is 1.52. The second kappa shape index (κ2) is 6.65. The topological polar surface area (TPSA) is 75.3 Å². The molecule has 5 heteroatoms. The number of carbonyl (C=O) groups excluding carboxylic acids is 3. The third kappa shape index (κ3) is 4.05. The highest BCUT2D eigenvalue weighted by molar-refractivity contribution is 6.39. The molecule has 2 amide bonds. The third-order valence-corrected chi connectivity index (χ3v) is 2.78. The molecule has 0 saturated heterocycles. The molecule has 0 spiro atoms. The van der Waals surface area contributed by atoms with Gasteiger partial charge in [-0.1, -0.05) is 6.08 Å². The number of carbonyl (C=O) groups is 3. The molecule has 0 bridgehead atoms. The number of aryl methyl sites for hydroxylation is 1. The molecule has 1 aromatic rings. The summed E-state index contributed by atoms with van der Waals surface area (Å²) < 4.78 is 0. The fourth-order valence-electron chi connectivity index (χ4n) is 1.66. The fraction of sp³-hybridized carbons (Fsp3) is 0.267. The first-order valence-electron chi connectivity index (χ1n) is 6.21. The number of rotatable bonds is 4. The Morgan fingerprint density at radius 3 is 2.40 bits per heavy atom. The van der Waals surface area contributed by atoms with Crippen LogP contribution in [0.4, 0.5) is 5.69 Å². The van der Waals surface area contributed by atoms with E-state index in [0.29, 0.717) is 11.3 Å². The molecular formula is C15H18N2O3. The first-order valence-corrected chi connectivity index (χ1v) is 6.21. The van der Waals surface area contributed by atoms with Gasteiger partial charge < -0.3 is 10.6 Å². The van der Waals surface area contributed by atoms with Crippen molar-refractivity contribution < 1.29 is 14.4 Å². The highest BCUT2D eigenvalue weighted by Gasteiger charge is 2.15. The van der Waals surface area contributed by atoms with Crippen molar-refractivity contribution in [2.75, 3.05) is 5.32 Å². The standard InChI is InChI=1S/C15H18N2O3/c1-5-10(3)16-14(19)15(20)17-12-6-7-13(11(4)18)9(2)8-12/h5-8,10H,1H2,2-4H3,(H,16,19)(H,17,20). The number of Topliss-reactive ketones (excluding diaryl/α,β-unsaturated/α-hetero) is 1. The molecule has 0 fully saturated rings. The van der Waals surface area contributed by atoms with Crippen LogP contribution in [-0.2, 0) is 9.59 Å². The quantitative estimate of drug-likeness (QED) is 0.499. The van der Waals surface area contributed by atoms with Gasteiger partial charge in [-0.2, -0.15) is 0 Å². The predicted molar refractivity (Wildman–Crippen MR) is 77.6 cm³/mol. The minimum absolute atomic E-state index is 0.0436. The van der Waals surface area contributed by atoms with Crippen molar-refractivity contribution in [3.8, 4) is 0 Å². The molecular weight excluding hydrogens is 256 g/mol. The molecule has 0 heterocycles. The van der Waals surface area contributed by atoms with E-state index in [2.05, 4.69) is 17.2 Å². The zero-order valence-electron chi connectivity index (χ0n) is 11.8. The largest absolute Gasteiger partial charge is 0.342 e. The van der Waals surface area contributed by atoms with Crippen LogP contribution in [0.25, 0.3) is 0 Å². The zero-order chi connectivity index (χ0) is 15.3. The average molecular weight is 274 g/mol. The number of hydrogen-bond donors (Lipinski definition) is 2. The Morgan fingerprint density at radius 1 is 1.25 bits per heavy atom. The number of anilines is 1. The first kappa shape index (κ1) is 15.6. The van der Waals surface area contributed by atoms with Gasteiger partial charge in [0.1, 0.15) is 0 Å². The molecule has 1 atom stereocenters. The molecule has 0 aliphatic carbocycles. The summed E-state index contributed by atoms with van der Waals surface area (Å²) in [5.74, 6) is -1.53. The van der Waals surface area contributed by atoms with Gasteiger partial charge in [0.05, 0.1) is 0 Å². The van der Waals surface area contributed by atoms with Crippen LogP contribution < -0.4 is 10.6 Å². The Hall–Kier alpha value is -2.43. The second-order valence-electron chi connectivity index (χ2n) is 4.54. The summed E-state index contributed by atoms with van der Waals surface area (Å²) in [5.41, 5.74) is 1.81. The molecule has 0 aromatic heterocycles. The maximum atomic E-state index is 11.7.